The number of benzene rings is 2. The second kappa shape index (κ2) is 11.4. The second-order valence-electron chi connectivity index (χ2n) is 9.05. The Morgan fingerprint density at radius 1 is 1.05 bits per heavy atom. The Bertz CT molecular complexity index is 1470. The van der Waals surface area contributed by atoms with Gasteiger partial charge in [0.1, 0.15) is 17.8 Å². The minimum Gasteiger partial charge on any atom is -0.508 e. The van der Waals surface area contributed by atoms with Gasteiger partial charge in [-0.15, -0.1) is 0 Å². The molecule has 4 aromatic rings. The summed E-state index contributed by atoms with van der Waals surface area (Å²) in [6.07, 6.45) is 6.83. The van der Waals surface area contributed by atoms with Crippen molar-refractivity contribution in [2.75, 3.05) is 23.7 Å². The Labute approximate surface area is 223 Å². The summed E-state index contributed by atoms with van der Waals surface area (Å²) in [6, 6.07) is 10.5. The van der Waals surface area contributed by atoms with E-state index < -0.39 is 5.91 Å². The van der Waals surface area contributed by atoms with Gasteiger partial charge in [0.2, 0.25) is 5.95 Å². The molecule has 1 saturated heterocycles. The van der Waals surface area contributed by atoms with Crippen LogP contribution in [0.5, 0.6) is 11.5 Å². The summed E-state index contributed by atoms with van der Waals surface area (Å²) in [5.41, 5.74) is 2.84. The van der Waals surface area contributed by atoms with E-state index in [9.17, 15) is 25.4 Å². The van der Waals surface area contributed by atoms with Gasteiger partial charge in [0, 0.05) is 60.6 Å². The van der Waals surface area contributed by atoms with Crippen LogP contribution in [0.25, 0.3) is 11.3 Å². The van der Waals surface area contributed by atoms with E-state index in [1.807, 2.05) is 4.90 Å². The molecule has 1 atom stereocenters. The Kier molecular flexibility index (Phi) is 7.56. The lowest BCUT2D eigenvalue weighted by Crippen LogP contribution is -2.32. The highest BCUT2D eigenvalue weighted by Gasteiger charge is 2.27. The van der Waals surface area contributed by atoms with Gasteiger partial charge in [-0.25, -0.2) is 19.9 Å². The fourth-order valence-electron chi connectivity index (χ4n) is 4.27. The number of phenols is 2. The smallest absolute Gasteiger partial charge is 0.255 e. The van der Waals surface area contributed by atoms with Crippen molar-refractivity contribution in [3.8, 4) is 22.8 Å². The zero-order valence-electron chi connectivity index (χ0n) is 20.6. The van der Waals surface area contributed by atoms with E-state index in [-0.39, 0.29) is 40.0 Å². The van der Waals surface area contributed by atoms with Crippen molar-refractivity contribution in [1.29, 1.82) is 0 Å². The van der Waals surface area contributed by atoms with Gasteiger partial charge in [0.25, 0.3) is 5.91 Å². The fraction of sp³-hybridized carbons (Fsp3) is 0.192. The highest BCUT2D eigenvalue weighted by molar-refractivity contribution is 6.05. The molecule has 39 heavy (non-hydrogen) atoms. The van der Waals surface area contributed by atoms with E-state index in [2.05, 4.69) is 30.6 Å². The van der Waals surface area contributed by atoms with Crippen molar-refractivity contribution in [2.45, 2.75) is 19.0 Å². The molecule has 0 radical (unpaired) electrons. The molecule has 3 heterocycles. The van der Waals surface area contributed by atoms with Gasteiger partial charge in [-0.1, -0.05) is 11.3 Å². The molecule has 13 nitrogen and oxygen atoms in total. The number of aromatic hydroxyl groups is 2. The lowest BCUT2D eigenvalue weighted by molar-refractivity contribution is -0.329. The molecule has 2 aromatic carbocycles. The van der Waals surface area contributed by atoms with Gasteiger partial charge < -0.3 is 20.8 Å². The highest BCUT2D eigenvalue weighted by Crippen LogP contribution is 2.30. The van der Waals surface area contributed by atoms with E-state index in [0.717, 1.165) is 0 Å². The number of phenolic OH excluding ortho intramolecular Hbond substituents is 2. The number of aromatic nitrogens is 4. The van der Waals surface area contributed by atoms with Crippen LogP contribution in [0, 0.1) is 0 Å². The average molecular weight is 531 g/mol. The Morgan fingerprint density at radius 2 is 1.87 bits per heavy atom. The number of likely N-dealkylation sites (tertiary alicyclic amines) is 1. The third-order valence-electron chi connectivity index (χ3n) is 6.33. The molecule has 0 aliphatic carbocycles. The molecule has 5 rings (SSSR count). The lowest BCUT2D eigenvalue weighted by Gasteiger charge is -2.18. The molecule has 2 aromatic heterocycles. The number of nitrogens with zero attached hydrogens (tertiary/aromatic N) is 6. The summed E-state index contributed by atoms with van der Waals surface area (Å²) in [5, 5.41) is 45.2. The van der Waals surface area contributed by atoms with Gasteiger partial charge in [-0.3, -0.25) is 20.1 Å². The SMILES string of the molecule is O=C(Nc1ccc(O)c(Nc2nccc(-c3cncnc3)n2)c1)c1ccc(CN2CCC(N(O)O)C2)c(O)c1. The van der Waals surface area contributed by atoms with Crippen LogP contribution in [-0.4, -0.2) is 75.7 Å². The van der Waals surface area contributed by atoms with E-state index >= 15 is 0 Å². The molecule has 0 bridgehead atoms. The topological polar surface area (TPSA) is 180 Å². The molecular formula is C26H26N8O5. The Morgan fingerprint density at radius 3 is 2.62 bits per heavy atom. The number of hydrogen-bond acceptors (Lipinski definition) is 12. The summed E-state index contributed by atoms with van der Waals surface area (Å²) in [4.78, 5) is 31.5. The predicted octanol–water partition coefficient (Wildman–Crippen LogP) is 3.00. The standard InChI is InChI=1S/C26H26N8O5/c35-23-4-3-19(10-22(23)32-26-29-7-5-21(31-26)18-11-27-15-28-12-18)30-25(37)16-1-2-17(24(36)9-16)13-33-8-6-20(14-33)34(38)39/h1-5,7,9-12,15,20,35-36,38-39H,6,8,13-14H2,(H,30,37)(H,29,31,32). The molecule has 0 saturated carbocycles. The van der Waals surface area contributed by atoms with Crippen molar-refractivity contribution in [3.05, 3.63) is 78.5 Å². The van der Waals surface area contributed by atoms with E-state index in [4.69, 9.17) is 0 Å². The van der Waals surface area contributed by atoms with Crippen molar-refractivity contribution >= 4 is 23.2 Å². The van der Waals surface area contributed by atoms with E-state index in [1.165, 1.54) is 18.5 Å². The predicted molar refractivity (Wildman–Crippen MR) is 140 cm³/mol. The molecule has 6 N–H and O–H groups in total. The van der Waals surface area contributed by atoms with Crippen molar-refractivity contribution in [3.63, 3.8) is 0 Å². The molecule has 0 spiro atoms. The molecule has 200 valence electrons. The summed E-state index contributed by atoms with van der Waals surface area (Å²) < 4.78 is 0. The molecule has 1 aliphatic rings. The maximum absolute atomic E-state index is 12.9. The van der Waals surface area contributed by atoms with Gasteiger partial charge in [0.15, 0.2) is 0 Å². The third-order valence-corrected chi connectivity index (χ3v) is 6.33. The van der Waals surface area contributed by atoms with Crippen LogP contribution in [0.15, 0.2) is 67.4 Å². The molecule has 13 heteroatoms. The van der Waals surface area contributed by atoms with Gasteiger partial charge in [0.05, 0.1) is 17.4 Å². The summed E-state index contributed by atoms with van der Waals surface area (Å²) >= 11 is 0. The fourth-order valence-corrected chi connectivity index (χ4v) is 4.27. The second-order valence-corrected chi connectivity index (χ2v) is 9.05. The summed E-state index contributed by atoms with van der Waals surface area (Å²) in [7, 11) is 0. The van der Waals surface area contributed by atoms with Crippen LogP contribution in [0.4, 0.5) is 17.3 Å². The largest absolute Gasteiger partial charge is 0.508 e. The van der Waals surface area contributed by atoms with Crippen molar-refractivity contribution < 1.29 is 25.4 Å². The molecule has 1 unspecified atom stereocenters. The minimum atomic E-state index is -0.451. The summed E-state index contributed by atoms with van der Waals surface area (Å²) in [6.45, 7) is 1.50. The van der Waals surface area contributed by atoms with Crippen LogP contribution in [0.1, 0.15) is 22.3 Å². The van der Waals surface area contributed by atoms with Crippen molar-refractivity contribution in [2.24, 2.45) is 0 Å². The zero-order chi connectivity index (χ0) is 27.4. The summed E-state index contributed by atoms with van der Waals surface area (Å²) in [5.74, 6) is -0.328. The molecule has 1 amide bonds. The van der Waals surface area contributed by atoms with Crippen LogP contribution in [0.3, 0.4) is 0 Å². The van der Waals surface area contributed by atoms with Crippen LogP contribution >= 0.6 is 0 Å². The number of anilines is 3. The molecule has 1 aliphatic heterocycles. The number of carbonyl (C=O) groups excluding carboxylic acids is 1. The van der Waals surface area contributed by atoms with Crippen LogP contribution < -0.4 is 10.6 Å². The van der Waals surface area contributed by atoms with E-state index in [1.54, 1.807) is 48.9 Å². The average Bonchev–Trinajstić information content (AvgIpc) is 3.41. The monoisotopic (exact) mass is 530 g/mol. The maximum Gasteiger partial charge on any atom is 0.255 e. The number of hydrogen-bond donors (Lipinski definition) is 6. The first-order valence-electron chi connectivity index (χ1n) is 12.1. The highest BCUT2D eigenvalue weighted by atomic mass is 16.8. The quantitative estimate of drug-likeness (QED) is 0.112. The number of amides is 1. The zero-order valence-corrected chi connectivity index (χ0v) is 20.6. The Hall–Kier alpha value is -4.69. The first-order chi connectivity index (χ1) is 18.9. The molecule has 1 fully saturated rings. The third kappa shape index (κ3) is 6.25. The number of carbonyl (C=O) groups is 1. The first kappa shape index (κ1) is 25.9. The number of hydroxylamine groups is 2. The minimum absolute atomic E-state index is 0.0372. The first-order valence-corrected chi connectivity index (χ1v) is 12.1. The maximum atomic E-state index is 12.9. The number of rotatable bonds is 8. The van der Waals surface area contributed by atoms with Gasteiger partial charge in [-0.05, 0) is 42.8 Å². The number of nitrogens with one attached hydrogen (secondary N) is 2. The van der Waals surface area contributed by atoms with Crippen molar-refractivity contribution in [1.82, 2.24) is 30.1 Å². The normalized spacial score (nSPS) is 15.4. The van der Waals surface area contributed by atoms with Gasteiger partial charge >= 0.3 is 0 Å². The van der Waals surface area contributed by atoms with Gasteiger partial charge in [-0.2, -0.15) is 0 Å². The Balaban J connectivity index is 1.25. The molecular weight excluding hydrogens is 504 g/mol. The van der Waals surface area contributed by atoms with Crippen LogP contribution in [0.2, 0.25) is 0 Å². The lowest BCUT2D eigenvalue weighted by atomic mass is 10.1. The van der Waals surface area contributed by atoms with Crippen LogP contribution in [-0.2, 0) is 6.54 Å². The van der Waals surface area contributed by atoms with E-state index in [0.29, 0.717) is 48.6 Å².